The molecule has 1 aromatic carbocycles. The highest BCUT2D eigenvalue weighted by atomic mass is 35.5. The Morgan fingerprint density at radius 3 is 2.28 bits per heavy atom. The molecule has 0 amide bonds. The van der Waals surface area contributed by atoms with Crippen LogP contribution in [-0.2, 0) is 6.42 Å². The minimum atomic E-state index is 0.666. The summed E-state index contributed by atoms with van der Waals surface area (Å²) in [5.74, 6) is 3.09. The number of nitrogens with zero attached hydrogens (tertiary/aromatic N) is 2. The molecule has 4 heteroatoms. The van der Waals surface area contributed by atoms with Crippen molar-refractivity contribution in [2.45, 2.75) is 78.1 Å². The maximum Gasteiger partial charge on any atom is 0.159 e. The van der Waals surface area contributed by atoms with Gasteiger partial charge in [0.2, 0.25) is 0 Å². The maximum absolute atomic E-state index is 5.85. The molecule has 0 aliphatic carbocycles. The van der Waals surface area contributed by atoms with E-state index in [-0.39, 0.29) is 0 Å². The monoisotopic (exact) mass is 416 g/mol. The van der Waals surface area contributed by atoms with Gasteiger partial charge < -0.3 is 4.74 Å². The standard InChI is InChI=1S/C25H37ClN2O/c1-3-4-5-6-7-8-11-22-19-27-25(28-20-22)23-12-14-24(15-13-23)29-18-9-10-21(2)16-17-26/h12-15,19-21H,3-11,16-18H2,1-2H3/t21-/m1/s1. The lowest BCUT2D eigenvalue weighted by molar-refractivity contribution is 0.294. The van der Waals surface area contributed by atoms with Crippen molar-refractivity contribution in [1.29, 1.82) is 0 Å². The molecule has 160 valence electrons. The first-order chi connectivity index (χ1) is 14.2. The highest BCUT2D eigenvalue weighted by Crippen LogP contribution is 2.20. The van der Waals surface area contributed by atoms with E-state index in [0.29, 0.717) is 5.92 Å². The first-order valence-corrected chi connectivity index (χ1v) is 11.9. The SMILES string of the molecule is CCCCCCCCc1cnc(-c2ccc(OCCC[C@@H](C)CCCl)cc2)nc1. The summed E-state index contributed by atoms with van der Waals surface area (Å²) in [5.41, 5.74) is 2.26. The van der Waals surface area contributed by atoms with Crippen LogP contribution in [0.4, 0.5) is 0 Å². The number of benzene rings is 1. The van der Waals surface area contributed by atoms with E-state index >= 15 is 0 Å². The highest BCUT2D eigenvalue weighted by molar-refractivity contribution is 6.17. The molecule has 1 aromatic heterocycles. The minimum absolute atomic E-state index is 0.666. The summed E-state index contributed by atoms with van der Waals surface area (Å²) in [5, 5.41) is 0. The summed E-state index contributed by atoms with van der Waals surface area (Å²) in [7, 11) is 0. The molecular weight excluding hydrogens is 380 g/mol. The zero-order chi connectivity index (χ0) is 20.7. The zero-order valence-corrected chi connectivity index (χ0v) is 19.0. The van der Waals surface area contributed by atoms with Crippen LogP contribution in [0.1, 0.15) is 77.2 Å². The lowest BCUT2D eigenvalue weighted by Crippen LogP contribution is -2.02. The minimum Gasteiger partial charge on any atom is -0.494 e. The highest BCUT2D eigenvalue weighted by Gasteiger charge is 2.04. The second-order valence-electron chi connectivity index (χ2n) is 8.03. The lowest BCUT2D eigenvalue weighted by Gasteiger charge is -2.10. The largest absolute Gasteiger partial charge is 0.494 e. The van der Waals surface area contributed by atoms with E-state index < -0.39 is 0 Å². The van der Waals surface area contributed by atoms with Gasteiger partial charge in [-0.1, -0.05) is 46.0 Å². The van der Waals surface area contributed by atoms with Gasteiger partial charge in [0.05, 0.1) is 6.61 Å². The fourth-order valence-electron chi connectivity index (χ4n) is 3.40. The third-order valence-corrected chi connectivity index (χ3v) is 5.57. The van der Waals surface area contributed by atoms with Crippen molar-refractivity contribution in [3.63, 3.8) is 0 Å². The topological polar surface area (TPSA) is 35.0 Å². The van der Waals surface area contributed by atoms with Gasteiger partial charge in [-0.25, -0.2) is 9.97 Å². The number of hydrogen-bond donors (Lipinski definition) is 0. The van der Waals surface area contributed by atoms with Gasteiger partial charge in [-0.15, -0.1) is 11.6 Å². The van der Waals surface area contributed by atoms with Crippen molar-refractivity contribution < 1.29 is 4.74 Å². The average molecular weight is 417 g/mol. The summed E-state index contributed by atoms with van der Waals surface area (Å²) in [6.45, 7) is 5.25. The van der Waals surface area contributed by atoms with Crippen molar-refractivity contribution >= 4 is 11.6 Å². The van der Waals surface area contributed by atoms with Crippen LogP contribution in [0.5, 0.6) is 5.75 Å². The number of halogens is 1. The van der Waals surface area contributed by atoms with Crippen LogP contribution in [0.2, 0.25) is 0 Å². The van der Waals surface area contributed by atoms with E-state index in [9.17, 15) is 0 Å². The predicted molar refractivity (Wildman–Crippen MR) is 124 cm³/mol. The van der Waals surface area contributed by atoms with Gasteiger partial charge in [-0.05, 0) is 67.9 Å². The fraction of sp³-hybridized carbons (Fsp3) is 0.600. The van der Waals surface area contributed by atoms with Crippen molar-refractivity contribution in [3.8, 4) is 17.1 Å². The second-order valence-corrected chi connectivity index (χ2v) is 8.41. The van der Waals surface area contributed by atoms with Crippen LogP contribution >= 0.6 is 11.6 Å². The molecule has 0 aliphatic heterocycles. The number of aryl methyl sites for hydroxylation is 1. The number of hydrogen-bond acceptors (Lipinski definition) is 3. The first kappa shape index (κ1) is 23.7. The molecule has 2 aromatic rings. The molecule has 29 heavy (non-hydrogen) atoms. The van der Waals surface area contributed by atoms with E-state index in [4.69, 9.17) is 16.3 Å². The Hall–Kier alpha value is -1.61. The second kappa shape index (κ2) is 14.4. The molecule has 0 spiro atoms. The third-order valence-electron chi connectivity index (χ3n) is 5.35. The number of unbranched alkanes of at least 4 members (excludes halogenated alkanes) is 5. The number of ether oxygens (including phenoxy) is 1. The van der Waals surface area contributed by atoms with Crippen LogP contribution in [-0.4, -0.2) is 22.5 Å². The average Bonchev–Trinajstić information content (AvgIpc) is 2.75. The van der Waals surface area contributed by atoms with Crippen molar-refractivity contribution in [2.24, 2.45) is 5.92 Å². The van der Waals surface area contributed by atoms with Gasteiger partial charge in [-0.3, -0.25) is 0 Å². The van der Waals surface area contributed by atoms with Crippen LogP contribution in [0, 0.1) is 5.92 Å². The van der Waals surface area contributed by atoms with Crippen LogP contribution in [0.15, 0.2) is 36.7 Å². The Morgan fingerprint density at radius 2 is 1.59 bits per heavy atom. The number of aromatic nitrogens is 2. The smallest absolute Gasteiger partial charge is 0.159 e. The molecule has 0 saturated carbocycles. The van der Waals surface area contributed by atoms with Gasteiger partial charge in [-0.2, -0.15) is 0 Å². The molecule has 1 atom stereocenters. The Kier molecular flexibility index (Phi) is 11.7. The molecule has 0 fully saturated rings. The molecule has 0 saturated heterocycles. The van der Waals surface area contributed by atoms with E-state index in [2.05, 4.69) is 23.8 Å². The van der Waals surface area contributed by atoms with Gasteiger partial charge in [0.1, 0.15) is 5.75 Å². The Balaban J connectivity index is 1.72. The van der Waals surface area contributed by atoms with Gasteiger partial charge in [0, 0.05) is 23.8 Å². The summed E-state index contributed by atoms with van der Waals surface area (Å²) in [6, 6.07) is 8.08. The third kappa shape index (κ3) is 9.62. The summed E-state index contributed by atoms with van der Waals surface area (Å²) in [4.78, 5) is 9.11. The van der Waals surface area contributed by atoms with Crippen molar-refractivity contribution in [2.75, 3.05) is 12.5 Å². The number of rotatable bonds is 15. The normalized spacial score (nSPS) is 12.1. The lowest BCUT2D eigenvalue weighted by atomic mass is 10.0. The zero-order valence-electron chi connectivity index (χ0n) is 18.2. The maximum atomic E-state index is 5.85. The van der Waals surface area contributed by atoms with E-state index in [1.165, 1.54) is 44.1 Å². The van der Waals surface area contributed by atoms with Crippen LogP contribution in [0.25, 0.3) is 11.4 Å². The van der Waals surface area contributed by atoms with Crippen molar-refractivity contribution in [1.82, 2.24) is 9.97 Å². The molecule has 0 aliphatic rings. The summed E-state index contributed by atoms with van der Waals surface area (Å²) in [6.07, 6.45) is 16.2. The van der Waals surface area contributed by atoms with E-state index in [0.717, 1.165) is 55.3 Å². The molecule has 3 nitrogen and oxygen atoms in total. The summed E-state index contributed by atoms with van der Waals surface area (Å²) < 4.78 is 5.85. The molecule has 0 bridgehead atoms. The van der Waals surface area contributed by atoms with Crippen molar-refractivity contribution in [3.05, 3.63) is 42.2 Å². The van der Waals surface area contributed by atoms with Gasteiger partial charge in [0.25, 0.3) is 0 Å². The Labute approximate surface area is 182 Å². The van der Waals surface area contributed by atoms with E-state index in [1.807, 2.05) is 36.7 Å². The molecule has 2 rings (SSSR count). The van der Waals surface area contributed by atoms with Gasteiger partial charge >= 0.3 is 0 Å². The first-order valence-electron chi connectivity index (χ1n) is 11.3. The predicted octanol–water partition coefficient (Wildman–Crippen LogP) is 7.47. The van der Waals surface area contributed by atoms with E-state index in [1.54, 1.807) is 0 Å². The molecular formula is C25H37ClN2O. The Morgan fingerprint density at radius 1 is 0.897 bits per heavy atom. The molecule has 0 unspecified atom stereocenters. The quantitative estimate of drug-likeness (QED) is 0.223. The number of alkyl halides is 1. The summed E-state index contributed by atoms with van der Waals surface area (Å²) >= 11 is 5.78. The van der Waals surface area contributed by atoms with Crippen LogP contribution in [0.3, 0.4) is 0 Å². The molecule has 1 heterocycles. The van der Waals surface area contributed by atoms with Gasteiger partial charge in [0.15, 0.2) is 5.82 Å². The van der Waals surface area contributed by atoms with Crippen LogP contribution < -0.4 is 4.74 Å². The molecule has 0 radical (unpaired) electrons. The fourth-order valence-corrected chi connectivity index (χ4v) is 3.77. The molecule has 0 N–H and O–H groups in total. The Bertz CT molecular complexity index is 658.